The van der Waals surface area contributed by atoms with Gasteiger partial charge in [0.15, 0.2) is 18.0 Å². The van der Waals surface area contributed by atoms with Crippen LogP contribution in [0.2, 0.25) is 0 Å². The minimum Gasteiger partial charge on any atom is -0.462 e. The minimum atomic E-state index is -4.63. The van der Waals surface area contributed by atoms with Crippen molar-refractivity contribution in [3.63, 3.8) is 0 Å². The van der Waals surface area contributed by atoms with Gasteiger partial charge in [-0.15, -0.1) is 0 Å². The molecule has 3 heterocycles. The van der Waals surface area contributed by atoms with Crippen LogP contribution < -0.4 is 15.3 Å². The quantitative estimate of drug-likeness (QED) is 0.0638. The zero-order chi connectivity index (χ0) is 40.0. The second kappa shape index (κ2) is 20.3. The van der Waals surface area contributed by atoms with E-state index in [9.17, 15) is 24.2 Å². The van der Waals surface area contributed by atoms with Gasteiger partial charge < -0.3 is 48.2 Å². The average molecular weight is 793 g/mol. The van der Waals surface area contributed by atoms with Crippen molar-refractivity contribution in [1.29, 1.82) is 5.26 Å². The number of hydrogen-bond donors (Lipinski definition) is 2. The Bertz CT molecular complexity index is 1820. The van der Waals surface area contributed by atoms with Gasteiger partial charge in [0.05, 0.1) is 38.2 Å². The van der Waals surface area contributed by atoms with Gasteiger partial charge in [0.1, 0.15) is 55.6 Å². The normalized spacial score (nSPS) is 21.1. The van der Waals surface area contributed by atoms with Crippen molar-refractivity contribution in [2.45, 2.75) is 56.8 Å². The standard InChI is InChI=1S/C34H45N6O14P/c1-22(2)50-33(43)23(3)39-55(44,54-24-9-7-6-8-10-24)49-20-34(19-35)31(52-28(42)18-48-16-14-46-5)30(51-27(41)17-47-15-13-45-4)29(53-34)25-11-12-26-32(36)37-21-38-40(25)26/h6-12,21-23,29-31H,13-18,20H2,1-5H3,(H,39,44)(H2,36,37,38)/t23?,29-,30-,31-,34+,55-/m0/s1. The third-order valence-electron chi connectivity index (χ3n) is 7.69. The van der Waals surface area contributed by atoms with Crippen LogP contribution in [0.3, 0.4) is 0 Å². The van der Waals surface area contributed by atoms with Gasteiger partial charge in [0, 0.05) is 14.2 Å². The summed E-state index contributed by atoms with van der Waals surface area (Å²) in [4.78, 5) is 43.3. The summed E-state index contributed by atoms with van der Waals surface area (Å²) in [7, 11) is -1.72. The van der Waals surface area contributed by atoms with E-state index >= 15 is 0 Å². The number of fused-ring (bicyclic) bond motifs is 1. The maximum absolute atomic E-state index is 14.5. The van der Waals surface area contributed by atoms with Gasteiger partial charge in [-0.25, -0.2) is 23.7 Å². The fraction of sp³-hybridized carbons (Fsp3) is 0.529. The molecule has 55 heavy (non-hydrogen) atoms. The first kappa shape index (κ1) is 43.0. The van der Waals surface area contributed by atoms with Crippen LogP contribution in [0.25, 0.3) is 5.52 Å². The Morgan fingerprint density at radius 3 is 2.27 bits per heavy atom. The molecule has 6 atom stereocenters. The molecule has 1 unspecified atom stereocenters. The fourth-order valence-electron chi connectivity index (χ4n) is 5.20. The largest absolute Gasteiger partial charge is 0.462 e. The third-order valence-corrected chi connectivity index (χ3v) is 9.31. The first-order valence-corrected chi connectivity index (χ1v) is 18.6. The Hall–Kier alpha value is -4.71. The molecule has 300 valence electrons. The second-order valence-electron chi connectivity index (χ2n) is 12.2. The van der Waals surface area contributed by atoms with E-state index in [4.69, 9.17) is 52.7 Å². The first-order valence-electron chi connectivity index (χ1n) is 17.0. The lowest BCUT2D eigenvalue weighted by molar-refractivity contribution is -0.175. The highest BCUT2D eigenvalue weighted by Crippen LogP contribution is 2.50. The van der Waals surface area contributed by atoms with Gasteiger partial charge in [-0.1, -0.05) is 18.2 Å². The minimum absolute atomic E-state index is 0.0273. The van der Waals surface area contributed by atoms with Crippen molar-refractivity contribution in [3.05, 3.63) is 54.5 Å². The van der Waals surface area contributed by atoms with E-state index in [-0.39, 0.29) is 43.7 Å². The van der Waals surface area contributed by atoms with Crippen LogP contribution in [0.1, 0.15) is 32.6 Å². The zero-order valence-corrected chi connectivity index (χ0v) is 31.9. The van der Waals surface area contributed by atoms with Crippen molar-refractivity contribution in [2.75, 3.05) is 66.2 Å². The van der Waals surface area contributed by atoms with Crippen molar-refractivity contribution < 1.29 is 65.9 Å². The molecule has 4 rings (SSSR count). The number of esters is 3. The molecule has 0 spiro atoms. The van der Waals surface area contributed by atoms with Gasteiger partial charge >= 0.3 is 25.7 Å². The molecule has 3 N–H and O–H groups in total. The molecular weight excluding hydrogens is 747 g/mol. The predicted molar refractivity (Wildman–Crippen MR) is 189 cm³/mol. The molecule has 2 aromatic heterocycles. The predicted octanol–water partition coefficient (Wildman–Crippen LogP) is 1.93. The number of nitrogen functional groups attached to an aromatic ring is 1. The van der Waals surface area contributed by atoms with Crippen molar-refractivity contribution in [3.8, 4) is 11.8 Å². The number of carbonyl (C=O) groups excluding carboxylic acids is 3. The number of para-hydroxylation sites is 1. The number of nitrogens with one attached hydrogen (secondary N) is 1. The molecule has 20 nitrogen and oxygen atoms in total. The number of hydrogen-bond acceptors (Lipinski definition) is 18. The summed E-state index contributed by atoms with van der Waals surface area (Å²) in [5.74, 6) is -2.51. The monoisotopic (exact) mass is 792 g/mol. The number of benzene rings is 1. The Labute approximate surface area is 316 Å². The van der Waals surface area contributed by atoms with Gasteiger partial charge in [-0.3, -0.25) is 9.32 Å². The number of nitriles is 1. The van der Waals surface area contributed by atoms with Crippen LogP contribution in [-0.4, -0.2) is 123 Å². The number of carbonyl (C=O) groups is 3. The molecule has 1 saturated heterocycles. The average Bonchev–Trinajstić information content (AvgIpc) is 3.71. The Morgan fingerprint density at radius 1 is 1.00 bits per heavy atom. The number of aromatic nitrogens is 3. The van der Waals surface area contributed by atoms with Crippen LogP contribution in [0.5, 0.6) is 5.75 Å². The molecule has 0 radical (unpaired) electrons. The van der Waals surface area contributed by atoms with Gasteiger partial charge in [-0.05, 0) is 45.0 Å². The molecule has 1 aliphatic heterocycles. The molecule has 3 aromatic rings. The van der Waals surface area contributed by atoms with Crippen molar-refractivity contribution in [1.82, 2.24) is 19.7 Å². The van der Waals surface area contributed by atoms with Gasteiger partial charge in [-0.2, -0.15) is 15.4 Å². The van der Waals surface area contributed by atoms with Crippen molar-refractivity contribution in [2.24, 2.45) is 0 Å². The summed E-state index contributed by atoms with van der Waals surface area (Å²) < 4.78 is 71.3. The first-order chi connectivity index (χ1) is 26.3. The highest BCUT2D eigenvalue weighted by Gasteiger charge is 2.62. The van der Waals surface area contributed by atoms with E-state index in [0.717, 1.165) is 0 Å². The summed E-state index contributed by atoms with van der Waals surface area (Å²) in [6, 6.07) is 11.7. The highest BCUT2D eigenvalue weighted by molar-refractivity contribution is 7.52. The van der Waals surface area contributed by atoms with E-state index in [1.54, 1.807) is 38.1 Å². The van der Waals surface area contributed by atoms with Crippen LogP contribution >= 0.6 is 7.75 Å². The number of nitrogens with zero attached hydrogens (tertiary/aromatic N) is 4. The lowest BCUT2D eigenvalue weighted by atomic mass is 9.95. The summed E-state index contributed by atoms with van der Waals surface area (Å²) in [6.07, 6.45) is -4.08. The Balaban J connectivity index is 1.76. The van der Waals surface area contributed by atoms with E-state index in [1.807, 2.05) is 6.07 Å². The third kappa shape index (κ3) is 11.6. The smallest absolute Gasteiger partial charge is 0.459 e. The fourth-order valence-corrected chi connectivity index (χ4v) is 6.72. The lowest BCUT2D eigenvalue weighted by Crippen LogP contribution is -2.50. The number of nitrogens with two attached hydrogens (primary N) is 1. The molecule has 1 aliphatic rings. The number of rotatable bonds is 22. The Morgan fingerprint density at radius 2 is 1.65 bits per heavy atom. The summed E-state index contributed by atoms with van der Waals surface area (Å²) in [5, 5.41) is 17.7. The van der Waals surface area contributed by atoms with Gasteiger partial charge in [0.25, 0.3) is 0 Å². The van der Waals surface area contributed by atoms with E-state index < -0.39 is 81.5 Å². The van der Waals surface area contributed by atoms with Crippen LogP contribution in [-0.2, 0) is 61.4 Å². The lowest BCUT2D eigenvalue weighted by Gasteiger charge is -2.30. The molecule has 0 aliphatic carbocycles. The molecule has 1 aromatic carbocycles. The molecule has 0 bridgehead atoms. The number of ether oxygens (including phenoxy) is 8. The maximum atomic E-state index is 14.5. The molecule has 1 fully saturated rings. The zero-order valence-electron chi connectivity index (χ0n) is 31.0. The topological polar surface area (TPSA) is 253 Å². The Kier molecular flexibility index (Phi) is 15.9. The molecule has 0 saturated carbocycles. The van der Waals surface area contributed by atoms with Crippen LogP contribution in [0.4, 0.5) is 5.82 Å². The molecule has 0 amide bonds. The summed E-state index contributed by atoms with van der Waals surface area (Å²) >= 11 is 0. The number of methoxy groups -OCH3 is 2. The maximum Gasteiger partial charge on any atom is 0.459 e. The van der Waals surface area contributed by atoms with E-state index in [2.05, 4.69) is 15.2 Å². The molecular formula is C34H45N6O14P. The number of anilines is 1. The van der Waals surface area contributed by atoms with Gasteiger partial charge in [0.2, 0.25) is 5.60 Å². The van der Waals surface area contributed by atoms with Crippen LogP contribution in [0.15, 0.2) is 48.8 Å². The van der Waals surface area contributed by atoms with Crippen molar-refractivity contribution >= 4 is 37.0 Å². The molecule has 21 heteroatoms. The second-order valence-corrected chi connectivity index (χ2v) is 13.9. The summed E-state index contributed by atoms with van der Waals surface area (Å²) in [6.45, 7) is 2.99. The van der Waals surface area contributed by atoms with Crippen LogP contribution in [0, 0.1) is 11.3 Å². The SMILES string of the molecule is COCCOCC(=O)O[C@H]1[C@H](c2ccc3c(N)ncnn23)O[C@](C#N)(CO[P@@](=O)(NC(C)C(=O)OC(C)C)Oc2ccccc2)[C@H]1OC(=O)COCCOC. The van der Waals surface area contributed by atoms with E-state index in [1.165, 1.54) is 50.2 Å². The van der Waals surface area contributed by atoms with E-state index in [0.29, 0.717) is 5.52 Å². The summed E-state index contributed by atoms with van der Waals surface area (Å²) in [5.41, 5.74) is 4.24. The highest BCUT2D eigenvalue weighted by atomic mass is 31.2.